The van der Waals surface area contributed by atoms with Crippen molar-refractivity contribution in [3.05, 3.63) is 18.3 Å². The Morgan fingerprint density at radius 1 is 1.44 bits per heavy atom. The van der Waals surface area contributed by atoms with E-state index in [1.54, 1.807) is 12.3 Å². The van der Waals surface area contributed by atoms with Gasteiger partial charge in [0.05, 0.1) is 11.3 Å². The minimum absolute atomic E-state index is 0.0330. The van der Waals surface area contributed by atoms with Crippen molar-refractivity contribution in [3.63, 3.8) is 0 Å². The normalized spacial score (nSPS) is 11.2. The molecule has 0 saturated carbocycles. The van der Waals surface area contributed by atoms with Gasteiger partial charge in [-0.1, -0.05) is 0 Å². The van der Waals surface area contributed by atoms with Crippen LogP contribution in [0.25, 0.3) is 0 Å². The lowest BCUT2D eigenvalue weighted by Crippen LogP contribution is -2.27. The molecule has 0 aliphatic rings. The lowest BCUT2D eigenvalue weighted by molar-refractivity contribution is -0.125. The van der Waals surface area contributed by atoms with Gasteiger partial charge in [-0.15, -0.1) is 0 Å². The Kier molecular flexibility index (Phi) is 4.67. The summed E-state index contributed by atoms with van der Waals surface area (Å²) in [5.41, 5.74) is 0.362. The van der Waals surface area contributed by atoms with Crippen LogP contribution in [0, 0.1) is 0 Å². The number of ether oxygens (including phenoxy) is 1. The van der Waals surface area contributed by atoms with Crippen molar-refractivity contribution in [2.75, 3.05) is 30.9 Å². The van der Waals surface area contributed by atoms with E-state index in [-0.39, 0.29) is 18.1 Å². The average Bonchev–Trinajstić information content (AvgIpc) is 2.26. The number of nitrogens with zero attached hydrogens (tertiary/aromatic N) is 2. The fourth-order valence-electron chi connectivity index (χ4n) is 1.32. The van der Waals surface area contributed by atoms with E-state index in [0.29, 0.717) is 5.69 Å². The standard InChI is InChI=1S/C13H21N3O2/c1-13(2,3)18-9-11(17)15-10-7-6-8-14-12(10)16(4)5/h6-8H,9H2,1-5H3,(H,15,17). The molecule has 0 atom stereocenters. The molecule has 0 aromatic carbocycles. The highest BCUT2D eigenvalue weighted by Gasteiger charge is 2.14. The first-order chi connectivity index (χ1) is 8.29. The van der Waals surface area contributed by atoms with Gasteiger partial charge in [-0.3, -0.25) is 4.79 Å². The number of hydrogen-bond donors (Lipinski definition) is 1. The molecule has 1 amide bonds. The van der Waals surface area contributed by atoms with E-state index in [0.717, 1.165) is 5.82 Å². The second-order valence-electron chi connectivity index (χ2n) is 5.22. The maximum Gasteiger partial charge on any atom is 0.250 e. The largest absolute Gasteiger partial charge is 0.366 e. The molecule has 1 rings (SSSR count). The third kappa shape index (κ3) is 4.71. The van der Waals surface area contributed by atoms with Crippen LogP contribution in [0.1, 0.15) is 20.8 Å². The number of pyridine rings is 1. The zero-order valence-corrected chi connectivity index (χ0v) is 11.7. The number of hydrogen-bond acceptors (Lipinski definition) is 4. The SMILES string of the molecule is CN(C)c1ncccc1NC(=O)COC(C)(C)C. The van der Waals surface area contributed by atoms with Crippen LogP contribution < -0.4 is 10.2 Å². The third-order valence-electron chi connectivity index (χ3n) is 2.12. The molecule has 1 N–H and O–H groups in total. The Bertz CT molecular complexity index is 411. The predicted octanol–water partition coefficient (Wildman–Crippen LogP) is 1.90. The Morgan fingerprint density at radius 3 is 2.67 bits per heavy atom. The maximum absolute atomic E-state index is 11.8. The van der Waals surface area contributed by atoms with Crippen LogP contribution in [0.2, 0.25) is 0 Å². The van der Waals surface area contributed by atoms with Crippen LogP contribution in [-0.2, 0) is 9.53 Å². The second kappa shape index (κ2) is 5.82. The maximum atomic E-state index is 11.8. The third-order valence-corrected chi connectivity index (χ3v) is 2.12. The van der Waals surface area contributed by atoms with E-state index in [2.05, 4.69) is 10.3 Å². The summed E-state index contributed by atoms with van der Waals surface area (Å²) in [5.74, 6) is 0.544. The quantitative estimate of drug-likeness (QED) is 0.888. The molecule has 5 nitrogen and oxygen atoms in total. The molecule has 5 heteroatoms. The van der Waals surface area contributed by atoms with Gasteiger partial charge in [-0.05, 0) is 32.9 Å². The molecule has 100 valence electrons. The number of anilines is 2. The molecule has 0 aliphatic heterocycles. The molecular weight excluding hydrogens is 230 g/mol. The topological polar surface area (TPSA) is 54.5 Å². The molecule has 0 unspecified atom stereocenters. The van der Waals surface area contributed by atoms with E-state index in [9.17, 15) is 4.79 Å². The number of amides is 1. The highest BCUT2D eigenvalue weighted by atomic mass is 16.5. The van der Waals surface area contributed by atoms with Gasteiger partial charge < -0.3 is 15.0 Å². The Hall–Kier alpha value is -1.62. The predicted molar refractivity (Wildman–Crippen MR) is 72.9 cm³/mol. The van der Waals surface area contributed by atoms with Gasteiger partial charge in [-0.2, -0.15) is 0 Å². The summed E-state index contributed by atoms with van der Waals surface area (Å²) in [5, 5.41) is 2.80. The Balaban J connectivity index is 2.65. The zero-order valence-electron chi connectivity index (χ0n) is 11.7. The Morgan fingerprint density at radius 2 is 2.11 bits per heavy atom. The van der Waals surface area contributed by atoms with E-state index >= 15 is 0 Å². The summed E-state index contributed by atoms with van der Waals surface area (Å²) in [4.78, 5) is 17.8. The average molecular weight is 251 g/mol. The molecule has 0 fully saturated rings. The number of carbonyl (C=O) groups excluding carboxylic acids is 1. The van der Waals surface area contributed by atoms with E-state index in [4.69, 9.17) is 4.74 Å². The molecule has 18 heavy (non-hydrogen) atoms. The van der Waals surface area contributed by atoms with Gasteiger partial charge in [0, 0.05) is 20.3 Å². The molecule has 0 bridgehead atoms. The summed E-state index contributed by atoms with van der Waals surface area (Å²) in [6.07, 6.45) is 1.69. The van der Waals surface area contributed by atoms with E-state index < -0.39 is 0 Å². The van der Waals surface area contributed by atoms with Gasteiger partial charge in [0.1, 0.15) is 6.61 Å². The summed E-state index contributed by atoms with van der Waals surface area (Å²) in [6.45, 7) is 5.77. The van der Waals surface area contributed by atoms with Gasteiger partial charge in [0.15, 0.2) is 5.82 Å². The first-order valence-electron chi connectivity index (χ1n) is 5.86. The minimum atomic E-state index is -0.323. The van der Waals surface area contributed by atoms with Gasteiger partial charge in [0.2, 0.25) is 5.91 Å². The summed E-state index contributed by atoms with van der Waals surface area (Å²) in [7, 11) is 3.76. The number of nitrogens with one attached hydrogen (secondary N) is 1. The van der Waals surface area contributed by atoms with Crippen molar-refractivity contribution in [2.24, 2.45) is 0 Å². The first kappa shape index (κ1) is 14.4. The molecule has 1 heterocycles. The van der Waals surface area contributed by atoms with E-state index in [1.807, 2.05) is 45.8 Å². The molecule has 0 spiro atoms. The smallest absolute Gasteiger partial charge is 0.250 e. The molecule has 1 aromatic heterocycles. The van der Waals surface area contributed by atoms with Crippen molar-refractivity contribution in [2.45, 2.75) is 26.4 Å². The van der Waals surface area contributed by atoms with Crippen LogP contribution in [0.4, 0.5) is 11.5 Å². The second-order valence-corrected chi connectivity index (χ2v) is 5.22. The fourth-order valence-corrected chi connectivity index (χ4v) is 1.32. The number of aromatic nitrogens is 1. The van der Waals surface area contributed by atoms with Crippen LogP contribution in [-0.4, -0.2) is 37.2 Å². The summed E-state index contributed by atoms with van der Waals surface area (Å²) < 4.78 is 5.42. The van der Waals surface area contributed by atoms with Crippen LogP contribution in [0.3, 0.4) is 0 Å². The van der Waals surface area contributed by atoms with Gasteiger partial charge in [-0.25, -0.2) is 4.98 Å². The van der Waals surface area contributed by atoms with Crippen molar-refractivity contribution in [3.8, 4) is 0 Å². The van der Waals surface area contributed by atoms with Crippen molar-refractivity contribution < 1.29 is 9.53 Å². The van der Waals surface area contributed by atoms with Crippen LogP contribution in [0.15, 0.2) is 18.3 Å². The lowest BCUT2D eigenvalue weighted by atomic mass is 10.2. The molecule has 0 saturated heterocycles. The Labute approximate surface area is 108 Å². The number of rotatable bonds is 4. The van der Waals surface area contributed by atoms with Gasteiger partial charge in [0.25, 0.3) is 0 Å². The molecular formula is C13H21N3O2. The summed E-state index contributed by atoms with van der Waals surface area (Å²) in [6, 6.07) is 3.60. The monoisotopic (exact) mass is 251 g/mol. The lowest BCUT2D eigenvalue weighted by Gasteiger charge is -2.20. The minimum Gasteiger partial charge on any atom is -0.366 e. The highest BCUT2D eigenvalue weighted by molar-refractivity contribution is 5.94. The zero-order chi connectivity index (χ0) is 13.8. The number of carbonyl (C=O) groups is 1. The van der Waals surface area contributed by atoms with Crippen molar-refractivity contribution in [1.29, 1.82) is 0 Å². The molecule has 1 aromatic rings. The summed E-state index contributed by atoms with van der Waals surface area (Å²) >= 11 is 0. The molecule has 0 radical (unpaired) electrons. The van der Waals surface area contributed by atoms with Crippen LogP contribution >= 0.6 is 0 Å². The van der Waals surface area contributed by atoms with Gasteiger partial charge >= 0.3 is 0 Å². The van der Waals surface area contributed by atoms with Crippen molar-refractivity contribution >= 4 is 17.4 Å². The van der Waals surface area contributed by atoms with Crippen LogP contribution in [0.5, 0.6) is 0 Å². The highest BCUT2D eigenvalue weighted by Crippen LogP contribution is 2.20. The van der Waals surface area contributed by atoms with Crippen molar-refractivity contribution in [1.82, 2.24) is 4.98 Å². The van der Waals surface area contributed by atoms with E-state index in [1.165, 1.54) is 0 Å². The molecule has 0 aliphatic carbocycles. The first-order valence-corrected chi connectivity index (χ1v) is 5.86. The fraction of sp³-hybridized carbons (Fsp3) is 0.538.